The van der Waals surface area contributed by atoms with Crippen LogP contribution in [0.4, 0.5) is 5.82 Å². The number of pyridine rings is 1. The van der Waals surface area contributed by atoms with Crippen LogP contribution in [0, 0.1) is 6.92 Å². The molecule has 78 valence electrons. The number of rotatable bonds is 3. The molecule has 0 aliphatic heterocycles. The van der Waals surface area contributed by atoms with Crippen molar-refractivity contribution in [3.05, 3.63) is 35.1 Å². The molecule has 2 aromatic rings. The van der Waals surface area contributed by atoms with Crippen LogP contribution in [-0.2, 0) is 6.54 Å². The molecule has 0 aromatic carbocycles. The molecule has 0 radical (unpaired) electrons. The van der Waals surface area contributed by atoms with Crippen molar-refractivity contribution in [2.75, 3.05) is 5.32 Å². The van der Waals surface area contributed by atoms with Crippen LogP contribution in [0.5, 0.6) is 0 Å². The molecule has 2 aromatic heterocycles. The topological polar surface area (TPSA) is 63.8 Å². The van der Waals surface area contributed by atoms with Gasteiger partial charge in [-0.25, -0.2) is 4.98 Å². The Morgan fingerprint density at radius 2 is 2.40 bits per heavy atom. The molecule has 0 unspecified atom stereocenters. The van der Waals surface area contributed by atoms with Crippen LogP contribution in [0.15, 0.2) is 22.9 Å². The Kier molecular flexibility index (Phi) is 2.82. The van der Waals surface area contributed by atoms with Gasteiger partial charge in [-0.05, 0) is 19.1 Å². The third-order valence-corrected chi connectivity index (χ3v) is 2.04. The largest absolute Gasteiger partial charge is 0.360 e. The van der Waals surface area contributed by atoms with Gasteiger partial charge >= 0.3 is 0 Å². The van der Waals surface area contributed by atoms with Crippen molar-refractivity contribution < 1.29 is 4.52 Å². The van der Waals surface area contributed by atoms with Gasteiger partial charge < -0.3 is 9.84 Å². The van der Waals surface area contributed by atoms with Crippen molar-refractivity contribution in [1.29, 1.82) is 0 Å². The summed E-state index contributed by atoms with van der Waals surface area (Å²) in [5, 5.41) is 7.24. The minimum Gasteiger partial charge on any atom is -0.360 e. The lowest BCUT2D eigenvalue weighted by atomic mass is 10.4. The lowest BCUT2D eigenvalue weighted by Gasteiger charge is -2.02. The predicted molar refractivity (Wildman–Crippen MR) is 55.6 cm³/mol. The average Bonchev–Trinajstić information content (AvgIpc) is 2.63. The van der Waals surface area contributed by atoms with E-state index in [0.717, 1.165) is 0 Å². The summed E-state index contributed by atoms with van der Waals surface area (Å²) >= 11 is 5.90. The number of halogens is 1. The highest BCUT2D eigenvalue weighted by atomic mass is 35.5. The van der Waals surface area contributed by atoms with E-state index in [4.69, 9.17) is 16.1 Å². The van der Waals surface area contributed by atoms with Gasteiger partial charge in [-0.2, -0.15) is 4.98 Å². The second-order valence-electron chi connectivity index (χ2n) is 2.92. The van der Waals surface area contributed by atoms with Crippen LogP contribution in [0.3, 0.4) is 0 Å². The van der Waals surface area contributed by atoms with Gasteiger partial charge in [0.15, 0.2) is 5.82 Å². The molecule has 0 saturated heterocycles. The summed E-state index contributed by atoms with van der Waals surface area (Å²) in [5.41, 5.74) is 0. The van der Waals surface area contributed by atoms with E-state index in [1.54, 1.807) is 25.3 Å². The number of nitrogens with zero attached hydrogens (tertiary/aromatic N) is 3. The molecule has 0 bridgehead atoms. The van der Waals surface area contributed by atoms with Gasteiger partial charge in [-0.1, -0.05) is 16.8 Å². The summed E-state index contributed by atoms with van der Waals surface area (Å²) in [6.45, 7) is 2.18. The minimum atomic E-state index is 0.414. The first-order valence-electron chi connectivity index (χ1n) is 4.39. The van der Waals surface area contributed by atoms with Gasteiger partial charge in [0.05, 0.1) is 11.6 Å². The maximum atomic E-state index is 5.90. The fourth-order valence-electron chi connectivity index (χ4n) is 1.09. The molecule has 0 saturated carbocycles. The quantitative estimate of drug-likeness (QED) is 0.864. The standard InChI is InChI=1S/C9H9ClN4O/c1-6-13-8(15-14-6)5-12-9-7(10)3-2-4-11-9/h2-4H,5H2,1H3,(H,11,12). The molecule has 0 amide bonds. The highest BCUT2D eigenvalue weighted by molar-refractivity contribution is 6.32. The number of nitrogens with one attached hydrogen (secondary N) is 1. The normalized spacial score (nSPS) is 10.3. The highest BCUT2D eigenvalue weighted by Gasteiger charge is 2.04. The Bertz CT molecular complexity index is 457. The fourth-order valence-corrected chi connectivity index (χ4v) is 1.28. The average molecular weight is 225 g/mol. The number of anilines is 1. The van der Waals surface area contributed by atoms with Gasteiger partial charge in [0.2, 0.25) is 5.89 Å². The molecule has 2 rings (SSSR count). The van der Waals surface area contributed by atoms with Crippen molar-refractivity contribution in [3.63, 3.8) is 0 Å². The zero-order valence-corrected chi connectivity index (χ0v) is 8.82. The minimum absolute atomic E-state index is 0.414. The van der Waals surface area contributed by atoms with Crippen molar-refractivity contribution in [2.24, 2.45) is 0 Å². The van der Waals surface area contributed by atoms with E-state index in [2.05, 4.69) is 20.4 Å². The molecule has 0 atom stereocenters. The van der Waals surface area contributed by atoms with Gasteiger partial charge in [0.25, 0.3) is 0 Å². The zero-order chi connectivity index (χ0) is 10.7. The third-order valence-electron chi connectivity index (χ3n) is 1.74. The van der Waals surface area contributed by atoms with Gasteiger partial charge in [-0.15, -0.1) is 0 Å². The van der Waals surface area contributed by atoms with Crippen molar-refractivity contribution in [1.82, 2.24) is 15.1 Å². The molecule has 15 heavy (non-hydrogen) atoms. The summed E-state index contributed by atoms with van der Waals surface area (Å²) in [7, 11) is 0. The molecule has 1 N–H and O–H groups in total. The molecule has 0 fully saturated rings. The van der Waals surface area contributed by atoms with Crippen LogP contribution < -0.4 is 5.32 Å². The van der Waals surface area contributed by atoms with Crippen molar-refractivity contribution in [2.45, 2.75) is 13.5 Å². The molecule has 6 heteroatoms. The predicted octanol–water partition coefficient (Wildman–Crippen LogP) is 2.04. The van der Waals surface area contributed by atoms with E-state index < -0.39 is 0 Å². The van der Waals surface area contributed by atoms with Crippen LogP contribution in [-0.4, -0.2) is 15.1 Å². The second-order valence-corrected chi connectivity index (χ2v) is 3.33. The van der Waals surface area contributed by atoms with Crippen molar-refractivity contribution in [3.8, 4) is 0 Å². The zero-order valence-electron chi connectivity index (χ0n) is 8.07. The summed E-state index contributed by atoms with van der Waals surface area (Å²) in [6, 6.07) is 3.53. The maximum Gasteiger partial charge on any atom is 0.245 e. The Labute approximate surface area is 91.5 Å². The third kappa shape index (κ3) is 2.44. The Morgan fingerprint density at radius 1 is 1.53 bits per heavy atom. The van der Waals surface area contributed by atoms with E-state index in [1.807, 2.05) is 0 Å². The van der Waals surface area contributed by atoms with Gasteiger partial charge in [-0.3, -0.25) is 0 Å². The molecule has 2 heterocycles. The molecule has 0 spiro atoms. The summed E-state index contributed by atoms with van der Waals surface area (Å²) < 4.78 is 4.93. The number of aromatic nitrogens is 3. The first-order chi connectivity index (χ1) is 7.25. The monoisotopic (exact) mass is 224 g/mol. The lowest BCUT2D eigenvalue weighted by molar-refractivity contribution is 0.379. The van der Waals surface area contributed by atoms with Crippen LogP contribution in [0.2, 0.25) is 5.02 Å². The van der Waals surface area contributed by atoms with Crippen LogP contribution in [0.1, 0.15) is 11.7 Å². The van der Waals surface area contributed by atoms with E-state index in [-0.39, 0.29) is 0 Å². The van der Waals surface area contributed by atoms with E-state index in [9.17, 15) is 0 Å². The number of aryl methyl sites for hydroxylation is 1. The smallest absolute Gasteiger partial charge is 0.245 e. The number of hydrogen-bond acceptors (Lipinski definition) is 5. The first-order valence-corrected chi connectivity index (χ1v) is 4.77. The Hall–Kier alpha value is -1.62. The first kappa shape index (κ1) is 9.92. The van der Waals surface area contributed by atoms with E-state index in [0.29, 0.717) is 29.1 Å². The SMILES string of the molecule is Cc1noc(CNc2ncccc2Cl)n1. The molecular weight excluding hydrogens is 216 g/mol. The molecule has 0 aliphatic carbocycles. The molecular formula is C9H9ClN4O. The highest BCUT2D eigenvalue weighted by Crippen LogP contribution is 2.17. The summed E-state index contributed by atoms with van der Waals surface area (Å²) in [6.07, 6.45) is 1.66. The fraction of sp³-hybridized carbons (Fsp3) is 0.222. The number of hydrogen-bond donors (Lipinski definition) is 1. The Morgan fingerprint density at radius 3 is 3.07 bits per heavy atom. The van der Waals surface area contributed by atoms with E-state index >= 15 is 0 Å². The lowest BCUT2D eigenvalue weighted by Crippen LogP contribution is -2.01. The molecule has 0 aliphatic rings. The summed E-state index contributed by atoms with van der Waals surface area (Å²) in [5.74, 6) is 1.73. The summed E-state index contributed by atoms with van der Waals surface area (Å²) in [4.78, 5) is 8.11. The van der Waals surface area contributed by atoms with Crippen molar-refractivity contribution >= 4 is 17.4 Å². The second kappa shape index (κ2) is 4.27. The Balaban J connectivity index is 2.02. The van der Waals surface area contributed by atoms with Crippen LogP contribution >= 0.6 is 11.6 Å². The molecule has 5 nitrogen and oxygen atoms in total. The van der Waals surface area contributed by atoms with Crippen LogP contribution in [0.25, 0.3) is 0 Å². The van der Waals surface area contributed by atoms with E-state index in [1.165, 1.54) is 0 Å². The van der Waals surface area contributed by atoms with Gasteiger partial charge in [0.1, 0.15) is 5.82 Å². The maximum absolute atomic E-state index is 5.90. The van der Waals surface area contributed by atoms with Gasteiger partial charge in [0, 0.05) is 6.20 Å².